The van der Waals surface area contributed by atoms with Gasteiger partial charge in [0.1, 0.15) is 5.82 Å². The molecular weight excluding hydrogens is 264 g/mol. The average Bonchev–Trinajstić information content (AvgIpc) is 2.52. The molecule has 0 aliphatic carbocycles. The fraction of sp³-hybridized carbons (Fsp3) is 0.625. The summed E-state index contributed by atoms with van der Waals surface area (Å²) >= 11 is 0. The Kier molecular flexibility index (Phi) is 5.56. The van der Waals surface area contributed by atoms with Gasteiger partial charge in [-0.1, -0.05) is 6.92 Å². The van der Waals surface area contributed by atoms with Crippen LogP contribution < -0.4 is 5.32 Å². The summed E-state index contributed by atoms with van der Waals surface area (Å²) in [6.45, 7) is 4.58. The van der Waals surface area contributed by atoms with Gasteiger partial charge in [-0.05, 0) is 45.5 Å². The number of likely N-dealkylation sites (tertiary alicyclic amines) is 1. The van der Waals surface area contributed by atoms with Crippen LogP contribution in [-0.4, -0.2) is 60.5 Å². The maximum atomic E-state index is 12.7. The Hall–Kier alpha value is -1.62. The van der Waals surface area contributed by atoms with E-state index < -0.39 is 0 Å². The van der Waals surface area contributed by atoms with Gasteiger partial charge >= 0.3 is 0 Å². The lowest BCUT2D eigenvalue weighted by Crippen LogP contribution is -2.44. The second-order valence-electron chi connectivity index (χ2n) is 5.81. The highest BCUT2D eigenvalue weighted by atomic mass is 16.2. The van der Waals surface area contributed by atoms with Crippen molar-refractivity contribution in [3.8, 4) is 0 Å². The third-order valence-electron chi connectivity index (χ3n) is 4.06. The van der Waals surface area contributed by atoms with Crippen LogP contribution in [0.5, 0.6) is 0 Å². The third-order valence-corrected chi connectivity index (χ3v) is 4.06. The summed E-state index contributed by atoms with van der Waals surface area (Å²) < 4.78 is 0. The molecule has 21 heavy (non-hydrogen) atoms. The van der Waals surface area contributed by atoms with E-state index in [4.69, 9.17) is 0 Å². The molecule has 5 nitrogen and oxygen atoms in total. The number of piperidine rings is 1. The first-order valence-electron chi connectivity index (χ1n) is 7.78. The Morgan fingerprint density at radius 2 is 2.14 bits per heavy atom. The summed E-state index contributed by atoms with van der Waals surface area (Å²) in [6.07, 6.45) is 4.82. The summed E-state index contributed by atoms with van der Waals surface area (Å²) in [6, 6.07) is 4.28. The Balaban J connectivity index is 2.04. The van der Waals surface area contributed by atoms with E-state index in [9.17, 15) is 4.79 Å². The second kappa shape index (κ2) is 7.41. The van der Waals surface area contributed by atoms with Crippen molar-refractivity contribution in [2.24, 2.45) is 0 Å². The number of carbonyl (C=O) groups is 1. The summed E-state index contributed by atoms with van der Waals surface area (Å²) in [5.41, 5.74) is 0.689. The van der Waals surface area contributed by atoms with Crippen LogP contribution in [0.2, 0.25) is 0 Å². The minimum Gasteiger partial charge on any atom is -0.369 e. The predicted octanol–water partition coefficient (Wildman–Crippen LogP) is 2.07. The van der Waals surface area contributed by atoms with Crippen LogP contribution in [0.4, 0.5) is 5.82 Å². The van der Waals surface area contributed by atoms with E-state index in [2.05, 4.69) is 36.2 Å². The number of hydrogen-bond acceptors (Lipinski definition) is 4. The lowest BCUT2D eigenvalue weighted by atomic mass is 10.0. The van der Waals surface area contributed by atoms with Gasteiger partial charge in [0.15, 0.2) is 0 Å². The standard InChI is InChI=1S/C16H26N4O/c1-4-9-17-15-14(6-5-10-18-15)16(21)20-11-7-13(8-12-20)19(2)3/h5-6,10,13H,4,7-9,11-12H2,1-3H3,(H,17,18). The van der Waals surface area contributed by atoms with E-state index in [0.717, 1.165) is 38.9 Å². The zero-order valence-corrected chi connectivity index (χ0v) is 13.3. The van der Waals surface area contributed by atoms with Crippen LogP contribution in [0.15, 0.2) is 18.3 Å². The smallest absolute Gasteiger partial charge is 0.257 e. The molecule has 0 atom stereocenters. The monoisotopic (exact) mass is 290 g/mol. The van der Waals surface area contributed by atoms with E-state index in [0.29, 0.717) is 17.4 Å². The topological polar surface area (TPSA) is 48.5 Å². The van der Waals surface area contributed by atoms with Crippen molar-refractivity contribution in [1.82, 2.24) is 14.8 Å². The number of nitrogens with zero attached hydrogens (tertiary/aromatic N) is 3. The fourth-order valence-electron chi connectivity index (χ4n) is 2.72. The highest BCUT2D eigenvalue weighted by molar-refractivity contribution is 5.98. The third kappa shape index (κ3) is 3.94. The molecular formula is C16H26N4O. The summed E-state index contributed by atoms with van der Waals surface area (Å²) in [4.78, 5) is 21.2. The lowest BCUT2D eigenvalue weighted by Gasteiger charge is -2.35. The van der Waals surface area contributed by atoms with E-state index in [-0.39, 0.29) is 5.91 Å². The number of pyridine rings is 1. The lowest BCUT2D eigenvalue weighted by molar-refractivity contribution is 0.0664. The van der Waals surface area contributed by atoms with E-state index in [1.165, 1.54) is 0 Å². The fourth-order valence-corrected chi connectivity index (χ4v) is 2.72. The molecule has 0 bridgehead atoms. The first-order valence-corrected chi connectivity index (χ1v) is 7.78. The molecule has 0 saturated carbocycles. The van der Waals surface area contributed by atoms with Gasteiger partial charge < -0.3 is 15.1 Å². The number of amides is 1. The number of carbonyl (C=O) groups excluding carboxylic acids is 1. The molecule has 1 amide bonds. The SMILES string of the molecule is CCCNc1ncccc1C(=O)N1CCC(N(C)C)CC1. The van der Waals surface area contributed by atoms with Crippen molar-refractivity contribution in [3.63, 3.8) is 0 Å². The molecule has 0 aromatic carbocycles. The van der Waals surface area contributed by atoms with Crippen LogP contribution in [0.25, 0.3) is 0 Å². The number of anilines is 1. The van der Waals surface area contributed by atoms with Crippen LogP contribution in [0.1, 0.15) is 36.5 Å². The van der Waals surface area contributed by atoms with Gasteiger partial charge in [-0.15, -0.1) is 0 Å². The first-order chi connectivity index (χ1) is 10.1. The summed E-state index contributed by atoms with van der Waals surface area (Å²) in [5.74, 6) is 0.804. The van der Waals surface area contributed by atoms with E-state index in [1.807, 2.05) is 17.0 Å². The van der Waals surface area contributed by atoms with Gasteiger partial charge in [0, 0.05) is 31.9 Å². The molecule has 1 aliphatic heterocycles. The van der Waals surface area contributed by atoms with Gasteiger partial charge in [0.05, 0.1) is 5.56 Å². The van der Waals surface area contributed by atoms with E-state index in [1.54, 1.807) is 6.20 Å². The van der Waals surface area contributed by atoms with E-state index >= 15 is 0 Å². The molecule has 116 valence electrons. The Labute approximate surface area is 127 Å². The molecule has 0 spiro atoms. The summed E-state index contributed by atoms with van der Waals surface area (Å²) in [7, 11) is 4.21. The van der Waals surface area contributed by atoms with Gasteiger partial charge in [-0.2, -0.15) is 0 Å². The molecule has 1 aromatic rings. The van der Waals surface area contributed by atoms with Gasteiger partial charge in [-0.25, -0.2) is 4.98 Å². The van der Waals surface area contributed by atoms with Crippen molar-refractivity contribution >= 4 is 11.7 Å². The molecule has 5 heteroatoms. The first kappa shape index (κ1) is 15.8. The highest BCUT2D eigenvalue weighted by Crippen LogP contribution is 2.19. The van der Waals surface area contributed by atoms with Crippen LogP contribution >= 0.6 is 0 Å². The van der Waals surface area contributed by atoms with Crippen molar-refractivity contribution < 1.29 is 4.79 Å². The van der Waals surface area contributed by atoms with Crippen LogP contribution in [0, 0.1) is 0 Å². The van der Waals surface area contributed by atoms with Crippen molar-refractivity contribution in [3.05, 3.63) is 23.9 Å². The number of aromatic nitrogens is 1. The Morgan fingerprint density at radius 3 is 2.76 bits per heavy atom. The van der Waals surface area contributed by atoms with Crippen molar-refractivity contribution in [1.29, 1.82) is 0 Å². The van der Waals surface area contributed by atoms with Crippen LogP contribution in [0.3, 0.4) is 0 Å². The molecule has 2 heterocycles. The average molecular weight is 290 g/mol. The highest BCUT2D eigenvalue weighted by Gasteiger charge is 2.26. The zero-order chi connectivity index (χ0) is 15.2. The Bertz CT molecular complexity index is 467. The molecule has 1 aliphatic rings. The van der Waals surface area contributed by atoms with Gasteiger partial charge in [0.25, 0.3) is 5.91 Å². The second-order valence-corrected chi connectivity index (χ2v) is 5.81. The quantitative estimate of drug-likeness (QED) is 0.902. The molecule has 1 aromatic heterocycles. The van der Waals surface area contributed by atoms with Crippen molar-refractivity contribution in [2.45, 2.75) is 32.2 Å². The number of nitrogens with one attached hydrogen (secondary N) is 1. The maximum Gasteiger partial charge on any atom is 0.257 e. The normalized spacial score (nSPS) is 16.3. The molecule has 2 rings (SSSR count). The molecule has 1 fully saturated rings. The minimum atomic E-state index is 0.0962. The van der Waals surface area contributed by atoms with Gasteiger partial charge in [0.2, 0.25) is 0 Å². The zero-order valence-electron chi connectivity index (χ0n) is 13.3. The largest absolute Gasteiger partial charge is 0.369 e. The summed E-state index contributed by atoms with van der Waals surface area (Å²) in [5, 5.41) is 3.24. The minimum absolute atomic E-state index is 0.0962. The maximum absolute atomic E-state index is 12.7. The van der Waals surface area contributed by atoms with Gasteiger partial charge in [-0.3, -0.25) is 4.79 Å². The Morgan fingerprint density at radius 1 is 1.43 bits per heavy atom. The molecule has 1 saturated heterocycles. The van der Waals surface area contributed by atoms with Crippen LogP contribution in [-0.2, 0) is 0 Å². The number of hydrogen-bond donors (Lipinski definition) is 1. The number of rotatable bonds is 5. The molecule has 1 N–H and O–H groups in total. The predicted molar refractivity (Wildman–Crippen MR) is 85.6 cm³/mol. The van der Waals surface area contributed by atoms with Crippen molar-refractivity contribution in [2.75, 3.05) is 39.0 Å². The molecule has 0 unspecified atom stereocenters. The molecule has 0 radical (unpaired) electrons.